The average molecular weight is 394 g/mol. The van der Waals surface area contributed by atoms with E-state index >= 15 is 0 Å². The van der Waals surface area contributed by atoms with Crippen LogP contribution in [0.15, 0.2) is 79.1 Å². The quantitative estimate of drug-likeness (QED) is 0.289. The Morgan fingerprint density at radius 2 is 1.57 bits per heavy atom. The highest BCUT2D eigenvalue weighted by atomic mass is 32.1. The summed E-state index contributed by atoms with van der Waals surface area (Å²) >= 11 is 5.59. The summed E-state index contributed by atoms with van der Waals surface area (Å²) in [5, 5.41) is 14.1. The van der Waals surface area contributed by atoms with Crippen molar-refractivity contribution in [1.82, 2.24) is 0 Å². The van der Waals surface area contributed by atoms with Gasteiger partial charge in [0, 0.05) is 43.2 Å². The lowest BCUT2D eigenvalue weighted by Gasteiger charge is -2.13. The van der Waals surface area contributed by atoms with Crippen LogP contribution in [0.25, 0.3) is 11.5 Å². The molecule has 2 aromatic carbocycles. The molecule has 1 aromatic heterocycles. The minimum Gasteiger partial charge on any atom is -0.502 e. The first kappa shape index (κ1) is 19.5. The molecule has 0 bridgehead atoms. The SMILES string of the molecule is CN(C)c1cc[n+](C(C(=S)Nc2ccccc2)=C(O)c2ccc(F)cc2)cc1. The molecular weight excluding hydrogens is 373 g/mol. The van der Waals surface area contributed by atoms with Crippen molar-refractivity contribution in [2.45, 2.75) is 0 Å². The van der Waals surface area contributed by atoms with Crippen LogP contribution >= 0.6 is 12.2 Å². The average Bonchev–Trinajstić information content (AvgIpc) is 2.70. The zero-order chi connectivity index (χ0) is 20.1. The van der Waals surface area contributed by atoms with E-state index in [1.165, 1.54) is 24.3 Å². The highest BCUT2D eigenvalue weighted by Gasteiger charge is 2.24. The maximum Gasteiger partial charge on any atom is 0.288 e. The Morgan fingerprint density at radius 3 is 2.14 bits per heavy atom. The molecule has 142 valence electrons. The molecule has 0 radical (unpaired) electrons. The molecule has 0 unspecified atom stereocenters. The second-order valence-corrected chi connectivity index (χ2v) is 6.79. The van der Waals surface area contributed by atoms with Gasteiger partial charge in [-0.05, 0) is 36.4 Å². The van der Waals surface area contributed by atoms with E-state index in [4.69, 9.17) is 12.2 Å². The lowest BCUT2D eigenvalue weighted by molar-refractivity contribution is -0.575. The summed E-state index contributed by atoms with van der Waals surface area (Å²) in [6.45, 7) is 0. The lowest BCUT2D eigenvalue weighted by atomic mass is 10.1. The third-order valence-corrected chi connectivity index (χ3v) is 4.47. The van der Waals surface area contributed by atoms with E-state index in [9.17, 15) is 9.50 Å². The van der Waals surface area contributed by atoms with Crippen molar-refractivity contribution in [2.75, 3.05) is 24.3 Å². The van der Waals surface area contributed by atoms with Gasteiger partial charge in [0.2, 0.25) is 0 Å². The number of pyridine rings is 1. The number of rotatable bonds is 5. The van der Waals surface area contributed by atoms with Crippen molar-refractivity contribution in [3.05, 3.63) is 90.5 Å². The second-order valence-electron chi connectivity index (χ2n) is 6.38. The smallest absolute Gasteiger partial charge is 0.288 e. The number of halogens is 1. The van der Waals surface area contributed by atoms with Crippen LogP contribution in [0.3, 0.4) is 0 Å². The molecule has 0 aliphatic heterocycles. The molecule has 3 rings (SSSR count). The standard InChI is InChI=1S/C22H20FN3OS/c1-25(2)19-12-14-26(15-13-19)20(21(27)16-8-10-17(23)11-9-16)22(28)24-18-6-4-3-5-7-18/h3-15H,1-2H3,(H-,24,27,28)/p+1. The topological polar surface area (TPSA) is 39.4 Å². The molecule has 0 saturated heterocycles. The van der Waals surface area contributed by atoms with Crippen molar-refractivity contribution in [2.24, 2.45) is 0 Å². The molecule has 0 aliphatic carbocycles. The molecule has 0 fully saturated rings. The van der Waals surface area contributed by atoms with E-state index < -0.39 is 0 Å². The number of aliphatic hydroxyl groups is 1. The molecule has 0 saturated carbocycles. The van der Waals surface area contributed by atoms with Crippen LogP contribution in [-0.2, 0) is 0 Å². The first-order valence-electron chi connectivity index (χ1n) is 8.70. The summed E-state index contributed by atoms with van der Waals surface area (Å²) in [5.74, 6) is -0.415. The van der Waals surface area contributed by atoms with Gasteiger partial charge in [0.15, 0.2) is 23.1 Å². The van der Waals surface area contributed by atoms with Gasteiger partial charge in [-0.2, -0.15) is 4.57 Å². The summed E-state index contributed by atoms with van der Waals surface area (Å²) in [5.41, 5.74) is 2.69. The minimum absolute atomic E-state index is 0.0453. The van der Waals surface area contributed by atoms with E-state index in [1.54, 1.807) is 4.57 Å². The number of nitrogens with zero attached hydrogens (tertiary/aromatic N) is 2. The fourth-order valence-electron chi connectivity index (χ4n) is 2.67. The molecule has 0 spiro atoms. The van der Waals surface area contributed by atoms with Crippen molar-refractivity contribution >= 4 is 40.0 Å². The van der Waals surface area contributed by atoms with Crippen LogP contribution in [0.1, 0.15) is 5.56 Å². The first-order valence-corrected chi connectivity index (χ1v) is 9.11. The Morgan fingerprint density at radius 1 is 0.964 bits per heavy atom. The van der Waals surface area contributed by atoms with E-state index in [-0.39, 0.29) is 11.6 Å². The van der Waals surface area contributed by atoms with Crippen LogP contribution in [0, 0.1) is 5.82 Å². The van der Waals surface area contributed by atoms with Gasteiger partial charge in [-0.25, -0.2) is 4.39 Å². The van der Waals surface area contributed by atoms with Crippen LogP contribution in [0.5, 0.6) is 0 Å². The second kappa shape index (κ2) is 8.63. The van der Waals surface area contributed by atoms with Crippen LogP contribution in [0.2, 0.25) is 0 Å². The maximum absolute atomic E-state index is 13.3. The predicted molar refractivity (Wildman–Crippen MR) is 116 cm³/mol. The zero-order valence-electron chi connectivity index (χ0n) is 15.6. The molecule has 28 heavy (non-hydrogen) atoms. The molecular formula is C22H21FN3OS+. The van der Waals surface area contributed by atoms with Gasteiger partial charge in [-0.15, -0.1) is 0 Å². The number of anilines is 2. The summed E-state index contributed by atoms with van der Waals surface area (Å²) in [7, 11) is 3.90. The van der Waals surface area contributed by atoms with Crippen LogP contribution in [0.4, 0.5) is 15.8 Å². The van der Waals surface area contributed by atoms with E-state index in [2.05, 4.69) is 5.32 Å². The van der Waals surface area contributed by atoms with Gasteiger partial charge in [0.25, 0.3) is 5.70 Å². The predicted octanol–water partition coefficient (Wildman–Crippen LogP) is 4.50. The van der Waals surface area contributed by atoms with Crippen LogP contribution < -0.4 is 14.8 Å². The van der Waals surface area contributed by atoms with Gasteiger partial charge >= 0.3 is 0 Å². The molecule has 2 N–H and O–H groups in total. The highest BCUT2D eigenvalue weighted by molar-refractivity contribution is 7.81. The number of aliphatic hydroxyl groups excluding tert-OH is 1. The first-order chi connectivity index (χ1) is 13.5. The van der Waals surface area contributed by atoms with Gasteiger partial charge in [0.1, 0.15) is 5.82 Å². The normalized spacial score (nSPS) is 11.5. The summed E-state index contributed by atoms with van der Waals surface area (Å²) in [6.07, 6.45) is 3.65. The van der Waals surface area contributed by atoms with Gasteiger partial charge < -0.3 is 15.3 Å². The van der Waals surface area contributed by atoms with Crippen LogP contribution in [-0.4, -0.2) is 24.2 Å². The zero-order valence-corrected chi connectivity index (χ0v) is 16.4. The van der Waals surface area contributed by atoms with Crippen molar-refractivity contribution in [3.63, 3.8) is 0 Å². The number of hydrogen-bond acceptors (Lipinski definition) is 3. The largest absolute Gasteiger partial charge is 0.502 e. The number of aromatic nitrogens is 1. The third kappa shape index (κ3) is 4.53. The summed E-state index contributed by atoms with van der Waals surface area (Å²) < 4.78 is 15.0. The van der Waals surface area contributed by atoms with Gasteiger partial charge in [-0.3, -0.25) is 0 Å². The number of thiocarbonyl (C=S) groups is 1. The van der Waals surface area contributed by atoms with E-state index in [0.717, 1.165) is 11.4 Å². The molecule has 0 amide bonds. The molecule has 6 heteroatoms. The van der Waals surface area contributed by atoms with Crippen molar-refractivity contribution < 1.29 is 14.1 Å². The summed E-state index contributed by atoms with van der Waals surface area (Å²) in [6, 6.07) is 19.0. The minimum atomic E-state index is -0.369. The number of para-hydroxylation sites is 1. The molecule has 1 heterocycles. The third-order valence-electron chi connectivity index (χ3n) is 4.18. The van der Waals surface area contributed by atoms with E-state index in [0.29, 0.717) is 16.2 Å². The monoisotopic (exact) mass is 394 g/mol. The maximum atomic E-state index is 13.3. The van der Waals surface area contributed by atoms with Gasteiger partial charge in [-0.1, -0.05) is 30.4 Å². The van der Waals surface area contributed by atoms with Gasteiger partial charge in [0.05, 0.1) is 0 Å². The van der Waals surface area contributed by atoms with Crippen molar-refractivity contribution in [3.8, 4) is 0 Å². The number of hydrogen-bond donors (Lipinski definition) is 2. The summed E-state index contributed by atoms with van der Waals surface area (Å²) in [4.78, 5) is 2.32. The number of nitrogens with one attached hydrogen (secondary N) is 1. The lowest BCUT2D eigenvalue weighted by Crippen LogP contribution is -2.38. The molecule has 0 aliphatic rings. The molecule has 3 aromatic rings. The number of benzene rings is 2. The fourth-order valence-corrected chi connectivity index (χ4v) is 2.99. The Kier molecular flexibility index (Phi) is 6.01. The fraction of sp³-hybridized carbons (Fsp3) is 0.0909. The molecule has 0 atom stereocenters. The Balaban J connectivity index is 2.06. The van der Waals surface area contributed by atoms with E-state index in [1.807, 2.05) is 73.9 Å². The Labute approximate surface area is 169 Å². The molecule has 4 nitrogen and oxygen atoms in total. The van der Waals surface area contributed by atoms with Crippen molar-refractivity contribution in [1.29, 1.82) is 0 Å². The Bertz CT molecular complexity index is 985. The Hall–Kier alpha value is -3.25. The highest BCUT2D eigenvalue weighted by Crippen LogP contribution is 2.20.